The SMILES string of the molecule is CC(=O)C(O)[C@H]1O[C@@H](n2cnc(C#N)n2)[C@@](O)(C(C)=O)[C@@]1(O)C(C)=O. The van der Waals surface area contributed by atoms with Crippen molar-refractivity contribution in [1.82, 2.24) is 14.8 Å². The van der Waals surface area contributed by atoms with Crippen LogP contribution in [0.3, 0.4) is 0 Å². The van der Waals surface area contributed by atoms with Gasteiger partial charge in [0.2, 0.25) is 5.60 Å². The van der Waals surface area contributed by atoms with E-state index in [9.17, 15) is 29.7 Å². The van der Waals surface area contributed by atoms with Gasteiger partial charge in [0.05, 0.1) is 0 Å². The summed E-state index contributed by atoms with van der Waals surface area (Å²) >= 11 is 0. The van der Waals surface area contributed by atoms with Crippen LogP contribution < -0.4 is 0 Å². The molecule has 134 valence electrons. The van der Waals surface area contributed by atoms with E-state index in [2.05, 4.69) is 10.1 Å². The first-order valence-corrected chi connectivity index (χ1v) is 7.13. The lowest BCUT2D eigenvalue weighted by molar-refractivity contribution is -0.184. The Hall–Kier alpha value is -2.52. The monoisotopic (exact) mass is 352 g/mol. The van der Waals surface area contributed by atoms with E-state index in [1.54, 1.807) is 6.07 Å². The lowest BCUT2D eigenvalue weighted by Gasteiger charge is -2.37. The van der Waals surface area contributed by atoms with Gasteiger partial charge in [0.1, 0.15) is 24.6 Å². The first-order chi connectivity index (χ1) is 11.5. The molecule has 1 aromatic heterocycles. The first kappa shape index (κ1) is 18.8. The van der Waals surface area contributed by atoms with Gasteiger partial charge in [0.15, 0.2) is 29.2 Å². The molecule has 2 rings (SSSR count). The van der Waals surface area contributed by atoms with Gasteiger partial charge in [0, 0.05) is 0 Å². The van der Waals surface area contributed by atoms with Gasteiger partial charge in [-0.15, -0.1) is 5.10 Å². The fraction of sp³-hybridized carbons (Fsp3) is 0.571. The van der Waals surface area contributed by atoms with Crippen LogP contribution in [0.1, 0.15) is 32.8 Å². The number of ether oxygens (including phenoxy) is 1. The van der Waals surface area contributed by atoms with E-state index >= 15 is 0 Å². The maximum absolute atomic E-state index is 12.2. The average molecular weight is 352 g/mol. The van der Waals surface area contributed by atoms with E-state index in [-0.39, 0.29) is 5.82 Å². The van der Waals surface area contributed by atoms with Crippen LogP contribution in [0, 0.1) is 11.3 Å². The van der Waals surface area contributed by atoms with Gasteiger partial charge in [-0.1, -0.05) is 0 Å². The molecule has 3 N–H and O–H groups in total. The Kier molecular flexibility index (Phi) is 4.58. The molecule has 0 aromatic carbocycles. The molecule has 1 saturated heterocycles. The molecular formula is C14H16N4O7. The van der Waals surface area contributed by atoms with Crippen LogP contribution >= 0.6 is 0 Å². The summed E-state index contributed by atoms with van der Waals surface area (Å²) in [4.78, 5) is 39.4. The number of nitriles is 1. The van der Waals surface area contributed by atoms with Crippen molar-refractivity contribution in [1.29, 1.82) is 5.26 Å². The van der Waals surface area contributed by atoms with Crippen molar-refractivity contribution >= 4 is 17.3 Å². The van der Waals surface area contributed by atoms with Crippen LogP contribution in [0.15, 0.2) is 6.33 Å². The Labute approximate surface area is 141 Å². The standard InChI is InChI=1S/C14H16N4O7/c1-6(19)10(22)11-13(23,7(2)20)14(24,8(3)21)12(25-11)18-5-16-9(4-15)17-18/h5,10-12,22-24H,1-3H3/t10?,11-,12-,13-,14+/m1/s1. The third-order valence-electron chi connectivity index (χ3n) is 4.25. The molecule has 0 aliphatic carbocycles. The van der Waals surface area contributed by atoms with Crippen molar-refractivity contribution in [2.24, 2.45) is 0 Å². The highest BCUT2D eigenvalue weighted by Crippen LogP contribution is 2.47. The number of hydrogen-bond acceptors (Lipinski definition) is 10. The summed E-state index contributed by atoms with van der Waals surface area (Å²) < 4.78 is 6.09. The predicted molar refractivity (Wildman–Crippen MR) is 76.6 cm³/mol. The summed E-state index contributed by atoms with van der Waals surface area (Å²) in [5, 5.41) is 44.3. The minimum Gasteiger partial charge on any atom is -0.382 e. The number of hydrogen-bond donors (Lipinski definition) is 3. The summed E-state index contributed by atoms with van der Waals surface area (Å²) in [5.74, 6) is -3.34. The van der Waals surface area contributed by atoms with E-state index in [1.807, 2.05) is 0 Å². The number of Topliss-reactive ketones (excluding diaryl/α,β-unsaturated/α-hetero) is 3. The number of aliphatic hydroxyl groups is 3. The molecule has 2 heterocycles. The van der Waals surface area contributed by atoms with E-state index in [1.165, 1.54) is 0 Å². The summed E-state index contributed by atoms with van der Waals surface area (Å²) in [6.07, 6.45) is -4.78. The fourth-order valence-corrected chi connectivity index (χ4v) is 2.86. The van der Waals surface area contributed by atoms with Crippen LogP contribution in [0.25, 0.3) is 0 Å². The van der Waals surface area contributed by atoms with Gasteiger partial charge in [0.25, 0.3) is 5.82 Å². The van der Waals surface area contributed by atoms with Crippen molar-refractivity contribution in [2.45, 2.75) is 50.4 Å². The molecule has 1 aliphatic heterocycles. The van der Waals surface area contributed by atoms with Crippen LogP contribution in [0.5, 0.6) is 0 Å². The fourth-order valence-electron chi connectivity index (χ4n) is 2.86. The van der Waals surface area contributed by atoms with Crippen LogP contribution in [-0.2, 0) is 19.1 Å². The minimum atomic E-state index is -2.92. The molecule has 1 aliphatic rings. The van der Waals surface area contributed by atoms with Crippen LogP contribution in [-0.4, -0.2) is 70.8 Å². The lowest BCUT2D eigenvalue weighted by atomic mass is 9.73. The van der Waals surface area contributed by atoms with Gasteiger partial charge in [-0.25, -0.2) is 9.67 Å². The van der Waals surface area contributed by atoms with Crippen molar-refractivity contribution < 1.29 is 34.4 Å². The Bertz CT molecular complexity index is 784. The second kappa shape index (κ2) is 6.08. The molecule has 0 spiro atoms. The molecule has 11 nitrogen and oxygen atoms in total. The molecule has 0 amide bonds. The summed E-state index contributed by atoms with van der Waals surface area (Å²) in [7, 11) is 0. The quantitative estimate of drug-likeness (QED) is 0.519. The zero-order valence-electron chi connectivity index (χ0n) is 13.6. The van der Waals surface area contributed by atoms with Crippen molar-refractivity contribution in [3.8, 4) is 6.07 Å². The smallest absolute Gasteiger partial charge is 0.252 e. The molecule has 5 atom stereocenters. The van der Waals surface area contributed by atoms with Crippen molar-refractivity contribution in [3.05, 3.63) is 12.2 Å². The van der Waals surface area contributed by atoms with E-state index < -0.39 is 47.0 Å². The van der Waals surface area contributed by atoms with Crippen molar-refractivity contribution in [2.75, 3.05) is 0 Å². The third-order valence-corrected chi connectivity index (χ3v) is 4.25. The van der Waals surface area contributed by atoms with E-state index in [0.29, 0.717) is 0 Å². The average Bonchev–Trinajstić information content (AvgIpc) is 3.10. The third kappa shape index (κ3) is 2.47. The second-order valence-electron chi connectivity index (χ2n) is 5.77. The molecule has 1 fully saturated rings. The molecule has 0 radical (unpaired) electrons. The summed E-state index contributed by atoms with van der Waals surface area (Å²) in [6.45, 7) is 2.76. The van der Waals surface area contributed by atoms with E-state index in [4.69, 9.17) is 10.00 Å². The Balaban J connectivity index is 2.69. The van der Waals surface area contributed by atoms with Gasteiger partial charge >= 0.3 is 0 Å². The lowest BCUT2D eigenvalue weighted by Crippen LogP contribution is -2.67. The Morgan fingerprint density at radius 3 is 2.24 bits per heavy atom. The number of aliphatic hydroxyl groups excluding tert-OH is 1. The highest BCUT2D eigenvalue weighted by Gasteiger charge is 2.73. The number of nitrogens with zero attached hydrogens (tertiary/aromatic N) is 4. The largest absolute Gasteiger partial charge is 0.382 e. The topological polar surface area (TPSA) is 176 Å². The molecule has 0 saturated carbocycles. The second-order valence-corrected chi connectivity index (χ2v) is 5.77. The highest BCUT2D eigenvalue weighted by molar-refractivity contribution is 5.99. The number of rotatable bonds is 5. The number of carbonyl (C=O) groups excluding carboxylic acids is 3. The van der Waals surface area contributed by atoms with Crippen LogP contribution in [0.4, 0.5) is 0 Å². The molecule has 0 bridgehead atoms. The minimum absolute atomic E-state index is 0.323. The Morgan fingerprint density at radius 1 is 1.28 bits per heavy atom. The van der Waals surface area contributed by atoms with Crippen molar-refractivity contribution in [3.63, 3.8) is 0 Å². The molecule has 1 aromatic rings. The normalized spacial score (nSPS) is 32.8. The van der Waals surface area contributed by atoms with Gasteiger partial charge < -0.3 is 20.1 Å². The maximum atomic E-state index is 12.2. The summed E-state index contributed by atoms with van der Waals surface area (Å²) in [6, 6.07) is 1.62. The van der Waals surface area contributed by atoms with E-state index in [0.717, 1.165) is 31.8 Å². The molecule has 11 heteroatoms. The zero-order valence-corrected chi connectivity index (χ0v) is 13.6. The predicted octanol–water partition coefficient (Wildman–Crippen LogP) is -2.36. The Morgan fingerprint density at radius 2 is 1.84 bits per heavy atom. The van der Waals surface area contributed by atoms with Gasteiger partial charge in [-0.05, 0) is 20.8 Å². The maximum Gasteiger partial charge on any atom is 0.252 e. The molecular weight excluding hydrogens is 336 g/mol. The summed E-state index contributed by atoms with van der Waals surface area (Å²) in [5.41, 5.74) is -5.80. The first-order valence-electron chi connectivity index (χ1n) is 7.13. The molecule has 25 heavy (non-hydrogen) atoms. The number of carbonyl (C=O) groups is 3. The number of aromatic nitrogens is 3. The van der Waals surface area contributed by atoms with Crippen LogP contribution in [0.2, 0.25) is 0 Å². The van der Waals surface area contributed by atoms with Gasteiger partial charge in [-0.3, -0.25) is 14.4 Å². The zero-order chi connectivity index (χ0) is 19.2. The molecule has 1 unspecified atom stereocenters. The highest BCUT2D eigenvalue weighted by atomic mass is 16.6. The number of ketones is 3. The van der Waals surface area contributed by atoms with Gasteiger partial charge in [-0.2, -0.15) is 5.26 Å².